The lowest BCUT2D eigenvalue weighted by atomic mass is 10.2. The number of hydrogen-bond acceptors (Lipinski definition) is 4. The van der Waals surface area contributed by atoms with Gasteiger partial charge in [0.25, 0.3) is 5.91 Å². The van der Waals surface area contributed by atoms with Crippen molar-refractivity contribution in [3.05, 3.63) is 48.5 Å². The van der Waals surface area contributed by atoms with E-state index in [-0.39, 0.29) is 5.91 Å². The Kier molecular flexibility index (Phi) is 3.08. The first-order valence-electron chi connectivity index (χ1n) is 5.82. The molecule has 1 amide bonds. The highest BCUT2D eigenvalue weighted by molar-refractivity contribution is 7.85. The minimum Gasteiger partial charge on any atom is -0.305 e. The number of carbonyl (C=O) groups is 1. The quantitative estimate of drug-likeness (QED) is 0.784. The third-order valence-electron chi connectivity index (χ3n) is 2.93. The molecule has 0 N–H and O–H groups in total. The Morgan fingerprint density at radius 1 is 1.26 bits per heavy atom. The van der Waals surface area contributed by atoms with E-state index >= 15 is 0 Å². The molecule has 19 heavy (non-hydrogen) atoms. The van der Waals surface area contributed by atoms with Crippen LogP contribution in [0.15, 0.2) is 47.8 Å². The average Bonchev–Trinajstić information content (AvgIpc) is 2.48. The van der Waals surface area contributed by atoms with E-state index in [0.29, 0.717) is 28.6 Å². The summed E-state index contributed by atoms with van der Waals surface area (Å²) in [6.45, 7) is 0.430. The highest BCUT2D eigenvalue weighted by Crippen LogP contribution is 2.28. The van der Waals surface area contributed by atoms with E-state index in [9.17, 15) is 9.00 Å². The molecule has 0 saturated heterocycles. The second kappa shape index (κ2) is 4.89. The summed E-state index contributed by atoms with van der Waals surface area (Å²) in [6.07, 6.45) is 4.45. The Morgan fingerprint density at radius 2 is 2.11 bits per heavy atom. The highest BCUT2D eigenvalue weighted by atomic mass is 32.2. The van der Waals surface area contributed by atoms with Crippen LogP contribution in [0.5, 0.6) is 0 Å². The smallest absolute Gasteiger partial charge is 0.278 e. The van der Waals surface area contributed by atoms with Crippen molar-refractivity contribution in [3.63, 3.8) is 0 Å². The van der Waals surface area contributed by atoms with Crippen LogP contribution in [-0.2, 0) is 10.8 Å². The molecule has 2 aromatic rings. The van der Waals surface area contributed by atoms with Crippen molar-refractivity contribution in [2.45, 2.75) is 4.90 Å². The van der Waals surface area contributed by atoms with Crippen LogP contribution in [0.4, 0.5) is 5.69 Å². The number of amides is 1. The van der Waals surface area contributed by atoms with Gasteiger partial charge in [-0.25, -0.2) is 4.98 Å². The Labute approximate surface area is 112 Å². The molecule has 5 nitrogen and oxygen atoms in total. The van der Waals surface area contributed by atoms with Crippen LogP contribution in [0.2, 0.25) is 0 Å². The fraction of sp³-hybridized carbons (Fsp3) is 0.154. The lowest BCUT2D eigenvalue weighted by Gasteiger charge is -2.28. The van der Waals surface area contributed by atoms with Crippen LogP contribution in [0.3, 0.4) is 0 Å². The van der Waals surface area contributed by atoms with Gasteiger partial charge in [-0.3, -0.25) is 14.0 Å². The summed E-state index contributed by atoms with van der Waals surface area (Å²) in [5.41, 5.74) is 0.993. The Hall–Kier alpha value is -2.08. The number of fused-ring (bicyclic) bond motifs is 1. The monoisotopic (exact) mass is 273 g/mol. The van der Waals surface area contributed by atoms with Gasteiger partial charge in [0.15, 0.2) is 0 Å². The molecule has 1 aliphatic heterocycles. The molecule has 0 spiro atoms. The van der Waals surface area contributed by atoms with Crippen LogP contribution in [-0.4, -0.2) is 32.4 Å². The zero-order valence-corrected chi connectivity index (χ0v) is 10.8. The molecule has 1 unspecified atom stereocenters. The lowest BCUT2D eigenvalue weighted by Crippen LogP contribution is -2.38. The first-order valence-corrected chi connectivity index (χ1v) is 7.14. The first-order chi connectivity index (χ1) is 9.27. The molecular weight excluding hydrogens is 262 g/mol. The summed E-state index contributed by atoms with van der Waals surface area (Å²) in [4.78, 5) is 22.6. The minimum atomic E-state index is -1.04. The molecule has 0 fully saturated rings. The predicted octanol–water partition coefficient (Wildman–Crippen LogP) is 1.24. The molecule has 6 heteroatoms. The number of para-hydroxylation sites is 1. The largest absolute Gasteiger partial charge is 0.305 e. The zero-order chi connectivity index (χ0) is 13.2. The molecule has 96 valence electrons. The maximum Gasteiger partial charge on any atom is 0.278 e. The van der Waals surface area contributed by atoms with Crippen molar-refractivity contribution >= 4 is 22.4 Å². The van der Waals surface area contributed by atoms with Gasteiger partial charge in [0.05, 0.1) is 27.6 Å². The summed E-state index contributed by atoms with van der Waals surface area (Å²) in [5.74, 6) is 0.237. The number of hydrogen-bond donors (Lipinski definition) is 0. The molecule has 1 atom stereocenters. The molecule has 1 aliphatic rings. The molecule has 2 heterocycles. The second-order valence-electron chi connectivity index (χ2n) is 4.06. The van der Waals surface area contributed by atoms with Gasteiger partial charge in [-0.05, 0) is 12.1 Å². The fourth-order valence-corrected chi connectivity index (χ4v) is 3.25. The van der Waals surface area contributed by atoms with Crippen molar-refractivity contribution < 1.29 is 9.00 Å². The van der Waals surface area contributed by atoms with E-state index in [4.69, 9.17) is 0 Å². The predicted molar refractivity (Wildman–Crippen MR) is 71.4 cm³/mol. The van der Waals surface area contributed by atoms with Crippen LogP contribution < -0.4 is 4.90 Å². The zero-order valence-electron chi connectivity index (χ0n) is 10.0. The molecule has 1 aromatic carbocycles. The van der Waals surface area contributed by atoms with E-state index in [0.717, 1.165) is 0 Å². The van der Waals surface area contributed by atoms with Crippen molar-refractivity contribution in [1.29, 1.82) is 0 Å². The lowest BCUT2D eigenvalue weighted by molar-refractivity contribution is 0.0982. The molecule has 0 aliphatic carbocycles. The van der Waals surface area contributed by atoms with Crippen molar-refractivity contribution in [2.75, 3.05) is 17.2 Å². The Morgan fingerprint density at radius 3 is 2.89 bits per heavy atom. The van der Waals surface area contributed by atoms with Crippen molar-refractivity contribution in [1.82, 2.24) is 9.97 Å². The Balaban J connectivity index is 2.02. The van der Waals surface area contributed by atoms with Crippen LogP contribution in [0, 0.1) is 0 Å². The third-order valence-corrected chi connectivity index (χ3v) is 4.32. The molecule has 0 saturated carbocycles. The van der Waals surface area contributed by atoms with Crippen LogP contribution >= 0.6 is 0 Å². The molecule has 3 rings (SSSR count). The van der Waals surface area contributed by atoms with E-state index in [1.807, 2.05) is 12.1 Å². The fourth-order valence-electron chi connectivity index (χ4n) is 2.04. The van der Waals surface area contributed by atoms with Gasteiger partial charge in [0.2, 0.25) is 0 Å². The number of aromatic nitrogens is 2. The topological polar surface area (TPSA) is 63.2 Å². The van der Waals surface area contributed by atoms with Crippen LogP contribution in [0.1, 0.15) is 10.5 Å². The minimum absolute atomic E-state index is 0.211. The van der Waals surface area contributed by atoms with E-state index in [1.165, 1.54) is 18.6 Å². The third kappa shape index (κ3) is 2.15. The standard InChI is InChI=1S/C13H11N3O2S/c17-13(10-9-14-5-6-15-10)16-7-8-19(18)12-4-2-1-3-11(12)16/h1-6,9H,7-8H2. The normalized spacial score (nSPS) is 17.9. The number of benzene rings is 1. The SMILES string of the molecule is O=C(c1cnccn1)N1CCS(=O)c2ccccc21. The number of anilines is 1. The van der Waals surface area contributed by atoms with Gasteiger partial charge in [-0.2, -0.15) is 0 Å². The van der Waals surface area contributed by atoms with E-state index in [1.54, 1.807) is 17.0 Å². The van der Waals surface area contributed by atoms with Gasteiger partial charge in [-0.15, -0.1) is 0 Å². The summed E-state index contributed by atoms with van der Waals surface area (Å²) in [6, 6.07) is 7.26. The number of rotatable bonds is 1. The molecule has 1 aromatic heterocycles. The molecular formula is C13H11N3O2S. The second-order valence-corrected chi connectivity index (χ2v) is 5.60. The summed E-state index contributed by atoms with van der Waals surface area (Å²) >= 11 is 0. The van der Waals surface area contributed by atoms with E-state index in [2.05, 4.69) is 9.97 Å². The highest BCUT2D eigenvalue weighted by Gasteiger charge is 2.27. The van der Waals surface area contributed by atoms with E-state index < -0.39 is 10.8 Å². The van der Waals surface area contributed by atoms with Gasteiger partial charge < -0.3 is 4.90 Å². The van der Waals surface area contributed by atoms with Crippen molar-refractivity contribution in [2.24, 2.45) is 0 Å². The average molecular weight is 273 g/mol. The summed E-state index contributed by atoms with van der Waals surface area (Å²) < 4.78 is 11.9. The first kappa shape index (κ1) is 12.0. The summed E-state index contributed by atoms with van der Waals surface area (Å²) in [7, 11) is -1.04. The van der Waals surface area contributed by atoms with Gasteiger partial charge in [0.1, 0.15) is 5.69 Å². The van der Waals surface area contributed by atoms with Gasteiger partial charge in [-0.1, -0.05) is 12.1 Å². The Bertz CT molecular complexity index is 645. The number of nitrogens with zero attached hydrogens (tertiary/aromatic N) is 3. The molecule has 0 radical (unpaired) electrons. The summed E-state index contributed by atoms with van der Waals surface area (Å²) in [5, 5.41) is 0. The van der Waals surface area contributed by atoms with Crippen LogP contribution in [0.25, 0.3) is 0 Å². The van der Waals surface area contributed by atoms with Gasteiger partial charge in [0, 0.05) is 24.7 Å². The maximum absolute atomic E-state index is 12.4. The maximum atomic E-state index is 12.4. The molecule has 0 bridgehead atoms. The van der Waals surface area contributed by atoms with Gasteiger partial charge >= 0.3 is 0 Å². The van der Waals surface area contributed by atoms with Crippen molar-refractivity contribution in [3.8, 4) is 0 Å². The number of carbonyl (C=O) groups excluding carboxylic acids is 1.